The van der Waals surface area contributed by atoms with Gasteiger partial charge < -0.3 is 10.4 Å². The molecule has 0 aliphatic carbocycles. The standard InChI is InChI=1S/C21H26N2O2/c24-20(22-15-17-7-3-1-4-8-17)16-23-13-11-19(12-14-23)21(25)18-9-5-2-6-10-18/h1-10,19,21,25H,11-16H2,(H,22,24). The largest absolute Gasteiger partial charge is 0.388 e. The lowest BCUT2D eigenvalue weighted by molar-refractivity contribution is -0.122. The molecule has 2 N–H and O–H groups in total. The van der Waals surface area contributed by atoms with Gasteiger partial charge >= 0.3 is 0 Å². The second kappa shape index (κ2) is 8.79. The van der Waals surface area contributed by atoms with Crippen molar-refractivity contribution in [3.8, 4) is 0 Å². The number of hydrogen-bond acceptors (Lipinski definition) is 3. The number of nitrogens with zero attached hydrogens (tertiary/aromatic N) is 1. The lowest BCUT2D eigenvalue weighted by Gasteiger charge is -2.34. The zero-order valence-corrected chi connectivity index (χ0v) is 14.5. The molecule has 1 aliphatic rings. The molecule has 0 bridgehead atoms. The lowest BCUT2D eigenvalue weighted by Crippen LogP contribution is -2.42. The number of carbonyl (C=O) groups excluding carboxylic acids is 1. The first-order valence-corrected chi connectivity index (χ1v) is 8.98. The van der Waals surface area contributed by atoms with Crippen molar-refractivity contribution in [3.63, 3.8) is 0 Å². The number of rotatable bonds is 6. The number of aliphatic hydroxyl groups is 1. The van der Waals surface area contributed by atoms with Gasteiger partial charge in [-0.1, -0.05) is 60.7 Å². The third-order valence-corrected chi connectivity index (χ3v) is 4.92. The van der Waals surface area contributed by atoms with Crippen molar-refractivity contribution in [2.75, 3.05) is 19.6 Å². The van der Waals surface area contributed by atoms with Gasteiger partial charge in [-0.2, -0.15) is 0 Å². The summed E-state index contributed by atoms with van der Waals surface area (Å²) in [4.78, 5) is 14.3. The molecular formula is C21H26N2O2. The topological polar surface area (TPSA) is 52.6 Å². The normalized spacial score (nSPS) is 17.2. The predicted molar refractivity (Wildman–Crippen MR) is 98.9 cm³/mol. The van der Waals surface area contributed by atoms with Gasteiger partial charge in [0.05, 0.1) is 12.6 Å². The maximum Gasteiger partial charge on any atom is 0.234 e. The van der Waals surface area contributed by atoms with E-state index in [0.29, 0.717) is 13.1 Å². The van der Waals surface area contributed by atoms with Gasteiger partial charge in [-0.15, -0.1) is 0 Å². The maximum absolute atomic E-state index is 12.1. The third-order valence-electron chi connectivity index (χ3n) is 4.92. The molecule has 2 aromatic carbocycles. The highest BCUT2D eigenvalue weighted by atomic mass is 16.3. The summed E-state index contributed by atoms with van der Waals surface area (Å²) in [5, 5.41) is 13.5. The molecule has 132 valence electrons. The molecule has 1 amide bonds. The van der Waals surface area contributed by atoms with E-state index < -0.39 is 6.10 Å². The predicted octanol–water partition coefficient (Wildman–Crippen LogP) is 2.75. The van der Waals surface area contributed by atoms with Crippen LogP contribution in [0.4, 0.5) is 0 Å². The fourth-order valence-corrected chi connectivity index (χ4v) is 3.40. The molecule has 0 spiro atoms. The fourth-order valence-electron chi connectivity index (χ4n) is 3.40. The Kier molecular flexibility index (Phi) is 6.20. The highest BCUT2D eigenvalue weighted by molar-refractivity contribution is 5.78. The van der Waals surface area contributed by atoms with Crippen LogP contribution in [0, 0.1) is 5.92 Å². The molecule has 1 fully saturated rings. The maximum atomic E-state index is 12.1. The van der Waals surface area contributed by atoms with Gasteiger partial charge in [0, 0.05) is 6.54 Å². The van der Waals surface area contributed by atoms with Crippen molar-refractivity contribution < 1.29 is 9.90 Å². The van der Waals surface area contributed by atoms with Gasteiger partial charge in [0.1, 0.15) is 0 Å². The Bertz CT molecular complexity index is 652. The molecule has 3 rings (SSSR count). The Hall–Kier alpha value is -2.17. The summed E-state index contributed by atoms with van der Waals surface area (Å²) in [6, 6.07) is 19.8. The number of nitrogens with one attached hydrogen (secondary N) is 1. The molecule has 1 unspecified atom stereocenters. The Morgan fingerprint density at radius 3 is 2.28 bits per heavy atom. The Labute approximate surface area is 149 Å². The summed E-state index contributed by atoms with van der Waals surface area (Å²) in [5.41, 5.74) is 2.10. The minimum atomic E-state index is -0.407. The molecule has 4 heteroatoms. The number of aliphatic hydroxyl groups excluding tert-OH is 1. The van der Waals surface area contributed by atoms with Crippen molar-refractivity contribution in [1.29, 1.82) is 0 Å². The summed E-state index contributed by atoms with van der Waals surface area (Å²) in [5.74, 6) is 0.331. The van der Waals surface area contributed by atoms with Crippen LogP contribution < -0.4 is 5.32 Å². The summed E-state index contributed by atoms with van der Waals surface area (Å²) >= 11 is 0. The van der Waals surface area contributed by atoms with Crippen molar-refractivity contribution in [3.05, 3.63) is 71.8 Å². The minimum absolute atomic E-state index is 0.0610. The first-order valence-electron chi connectivity index (χ1n) is 8.98. The third kappa shape index (κ3) is 5.15. The average Bonchev–Trinajstić information content (AvgIpc) is 2.68. The van der Waals surface area contributed by atoms with E-state index in [1.165, 1.54) is 0 Å². The number of amides is 1. The Morgan fingerprint density at radius 1 is 1.04 bits per heavy atom. The van der Waals surface area contributed by atoms with Gasteiger partial charge in [0.25, 0.3) is 0 Å². The first-order chi connectivity index (χ1) is 12.2. The Morgan fingerprint density at radius 2 is 1.64 bits per heavy atom. The van der Waals surface area contributed by atoms with Crippen LogP contribution in [-0.2, 0) is 11.3 Å². The summed E-state index contributed by atoms with van der Waals surface area (Å²) < 4.78 is 0. The van der Waals surface area contributed by atoms with Gasteiger partial charge in [-0.05, 0) is 43.0 Å². The van der Waals surface area contributed by atoms with E-state index in [1.54, 1.807) is 0 Å². The lowest BCUT2D eigenvalue weighted by atomic mass is 9.87. The van der Waals surface area contributed by atoms with Crippen LogP contribution in [0.15, 0.2) is 60.7 Å². The summed E-state index contributed by atoms with van der Waals surface area (Å²) in [6.45, 7) is 2.71. The van der Waals surface area contributed by atoms with Crippen molar-refractivity contribution in [1.82, 2.24) is 10.2 Å². The highest BCUT2D eigenvalue weighted by Gasteiger charge is 2.26. The number of likely N-dealkylation sites (tertiary alicyclic amines) is 1. The van der Waals surface area contributed by atoms with Crippen LogP contribution in [0.25, 0.3) is 0 Å². The molecular weight excluding hydrogens is 312 g/mol. The molecule has 0 saturated carbocycles. The average molecular weight is 338 g/mol. The SMILES string of the molecule is O=C(CN1CCC(C(O)c2ccccc2)CC1)NCc1ccccc1. The number of piperidine rings is 1. The fraction of sp³-hybridized carbons (Fsp3) is 0.381. The van der Waals surface area contributed by atoms with Gasteiger partial charge in [0.15, 0.2) is 0 Å². The van der Waals surface area contributed by atoms with Gasteiger partial charge in [0.2, 0.25) is 5.91 Å². The van der Waals surface area contributed by atoms with Crippen molar-refractivity contribution in [2.24, 2.45) is 5.92 Å². The van der Waals surface area contributed by atoms with Crippen molar-refractivity contribution >= 4 is 5.91 Å². The number of benzene rings is 2. The molecule has 1 saturated heterocycles. The van der Waals surface area contributed by atoms with E-state index in [9.17, 15) is 9.90 Å². The van der Waals surface area contributed by atoms with Crippen LogP contribution in [-0.4, -0.2) is 35.5 Å². The molecule has 2 aromatic rings. The molecule has 1 atom stereocenters. The van der Waals surface area contributed by atoms with E-state index in [4.69, 9.17) is 0 Å². The van der Waals surface area contributed by atoms with E-state index in [0.717, 1.165) is 37.1 Å². The summed E-state index contributed by atoms with van der Waals surface area (Å²) in [7, 11) is 0. The monoisotopic (exact) mass is 338 g/mol. The number of hydrogen-bond donors (Lipinski definition) is 2. The zero-order chi connectivity index (χ0) is 17.5. The van der Waals surface area contributed by atoms with E-state index in [2.05, 4.69) is 10.2 Å². The quantitative estimate of drug-likeness (QED) is 0.851. The van der Waals surface area contributed by atoms with Gasteiger partial charge in [-0.25, -0.2) is 0 Å². The molecule has 1 aliphatic heterocycles. The zero-order valence-electron chi connectivity index (χ0n) is 14.5. The van der Waals surface area contributed by atoms with Crippen LogP contribution in [0.3, 0.4) is 0 Å². The molecule has 1 heterocycles. The molecule has 0 aromatic heterocycles. The van der Waals surface area contributed by atoms with Crippen LogP contribution in [0.1, 0.15) is 30.1 Å². The smallest absolute Gasteiger partial charge is 0.234 e. The molecule has 0 radical (unpaired) electrons. The summed E-state index contributed by atoms with van der Waals surface area (Å²) in [6.07, 6.45) is 1.43. The second-order valence-corrected chi connectivity index (χ2v) is 6.73. The first kappa shape index (κ1) is 17.6. The van der Waals surface area contributed by atoms with Crippen LogP contribution in [0.2, 0.25) is 0 Å². The van der Waals surface area contributed by atoms with E-state index >= 15 is 0 Å². The Balaban J connectivity index is 1.41. The van der Waals surface area contributed by atoms with Crippen LogP contribution >= 0.6 is 0 Å². The van der Waals surface area contributed by atoms with E-state index in [-0.39, 0.29) is 11.8 Å². The minimum Gasteiger partial charge on any atom is -0.388 e. The van der Waals surface area contributed by atoms with E-state index in [1.807, 2.05) is 60.7 Å². The molecule has 4 nitrogen and oxygen atoms in total. The number of carbonyl (C=O) groups is 1. The highest BCUT2D eigenvalue weighted by Crippen LogP contribution is 2.30. The van der Waals surface area contributed by atoms with Crippen molar-refractivity contribution in [2.45, 2.75) is 25.5 Å². The van der Waals surface area contributed by atoms with Crippen LogP contribution in [0.5, 0.6) is 0 Å². The second-order valence-electron chi connectivity index (χ2n) is 6.73. The van der Waals surface area contributed by atoms with Gasteiger partial charge in [-0.3, -0.25) is 9.69 Å². The molecule has 25 heavy (non-hydrogen) atoms.